The first-order valence-electron chi connectivity index (χ1n) is 7.82. The third-order valence-electron chi connectivity index (χ3n) is 3.72. The summed E-state index contributed by atoms with van der Waals surface area (Å²) >= 11 is 0. The molecule has 0 bridgehead atoms. The number of nitrogens with zero attached hydrogens (tertiary/aromatic N) is 1. The van der Waals surface area contributed by atoms with Crippen LogP contribution in [0.2, 0.25) is 0 Å². The molecule has 1 fully saturated rings. The van der Waals surface area contributed by atoms with E-state index in [1.165, 1.54) is 38.5 Å². The highest BCUT2D eigenvalue weighted by Crippen LogP contribution is 2.21. The van der Waals surface area contributed by atoms with Gasteiger partial charge in [-0.3, -0.25) is 4.72 Å². The Bertz CT molecular complexity index is 520. The van der Waals surface area contributed by atoms with Crippen LogP contribution in [0.25, 0.3) is 0 Å². The maximum atomic E-state index is 11.7. The van der Waals surface area contributed by atoms with Crippen LogP contribution >= 0.6 is 0 Å². The highest BCUT2D eigenvalue weighted by atomic mass is 32.2. The van der Waals surface area contributed by atoms with E-state index in [1.54, 1.807) is 12.3 Å². The average Bonchev–Trinajstić information content (AvgIpc) is 2.69. The molecule has 1 aromatic rings. The second kappa shape index (κ2) is 7.64. The lowest BCUT2D eigenvalue weighted by molar-refractivity contribution is 0.599. The fraction of sp³-hybridized carbons (Fsp3) is 0.667. The third-order valence-corrected chi connectivity index (χ3v) is 5.19. The molecular weight excluding hydrogens is 286 g/mol. The van der Waals surface area contributed by atoms with E-state index in [4.69, 9.17) is 0 Å². The summed E-state index contributed by atoms with van der Waals surface area (Å²) in [7, 11) is -3.26. The molecule has 0 saturated heterocycles. The maximum Gasteiger partial charge on any atom is 0.233 e. The molecule has 0 amide bonds. The topological polar surface area (TPSA) is 71.1 Å². The van der Waals surface area contributed by atoms with Gasteiger partial charge in [-0.05, 0) is 31.4 Å². The molecule has 1 heterocycles. The van der Waals surface area contributed by atoms with Crippen LogP contribution in [0.5, 0.6) is 0 Å². The number of rotatable bonds is 6. The first-order chi connectivity index (χ1) is 10.1. The Morgan fingerprint density at radius 3 is 2.48 bits per heavy atom. The average molecular weight is 311 g/mol. The Balaban J connectivity index is 1.92. The molecule has 6 heteroatoms. The van der Waals surface area contributed by atoms with Crippen molar-refractivity contribution in [1.82, 2.24) is 4.98 Å². The third kappa shape index (κ3) is 5.53. The van der Waals surface area contributed by atoms with Crippen LogP contribution in [0.1, 0.15) is 51.9 Å². The van der Waals surface area contributed by atoms with Crippen molar-refractivity contribution >= 4 is 21.5 Å². The summed E-state index contributed by atoms with van der Waals surface area (Å²) < 4.78 is 25.8. The van der Waals surface area contributed by atoms with Crippen LogP contribution in [0.15, 0.2) is 18.3 Å². The fourth-order valence-electron chi connectivity index (χ4n) is 2.68. The van der Waals surface area contributed by atoms with Gasteiger partial charge in [0.25, 0.3) is 0 Å². The lowest BCUT2D eigenvalue weighted by Crippen LogP contribution is -2.19. The van der Waals surface area contributed by atoms with Crippen LogP contribution in [0.4, 0.5) is 11.5 Å². The Morgan fingerprint density at radius 1 is 1.19 bits per heavy atom. The predicted octanol–water partition coefficient (Wildman–Crippen LogP) is 3.37. The van der Waals surface area contributed by atoms with Crippen molar-refractivity contribution < 1.29 is 8.42 Å². The lowest BCUT2D eigenvalue weighted by atomic mass is 10.1. The molecule has 1 aromatic heterocycles. The molecule has 1 saturated carbocycles. The number of pyridine rings is 1. The van der Waals surface area contributed by atoms with E-state index in [2.05, 4.69) is 15.0 Å². The predicted molar refractivity (Wildman–Crippen MR) is 87.1 cm³/mol. The van der Waals surface area contributed by atoms with Crippen LogP contribution < -0.4 is 10.0 Å². The molecule has 0 unspecified atom stereocenters. The first kappa shape index (κ1) is 16.1. The van der Waals surface area contributed by atoms with Crippen molar-refractivity contribution in [3.05, 3.63) is 18.3 Å². The largest absolute Gasteiger partial charge is 0.381 e. The normalized spacial score (nSPS) is 17.2. The SMILES string of the molecule is CCCS(=O)(=O)Nc1ccc(NC2CCCCCC2)cn1. The molecule has 0 radical (unpaired) electrons. The van der Waals surface area contributed by atoms with Crippen LogP contribution in [0.3, 0.4) is 0 Å². The van der Waals surface area contributed by atoms with E-state index in [0.29, 0.717) is 18.3 Å². The van der Waals surface area contributed by atoms with Gasteiger partial charge in [0.15, 0.2) is 0 Å². The molecule has 2 N–H and O–H groups in total. The van der Waals surface area contributed by atoms with E-state index in [1.807, 2.05) is 13.0 Å². The Morgan fingerprint density at radius 2 is 1.90 bits per heavy atom. The van der Waals surface area contributed by atoms with Gasteiger partial charge in [0.05, 0.1) is 17.6 Å². The van der Waals surface area contributed by atoms with E-state index in [9.17, 15) is 8.42 Å². The zero-order valence-corrected chi connectivity index (χ0v) is 13.5. The summed E-state index contributed by atoms with van der Waals surface area (Å²) in [4.78, 5) is 4.18. The summed E-state index contributed by atoms with van der Waals surface area (Å²) in [6.07, 6.45) is 9.91. The van der Waals surface area contributed by atoms with Gasteiger partial charge in [-0.25, -0.2) is 13.4 Å². The summed E-state index contributed by atoms with van der Waals surface area (Å²) in [5.41, 5.74) is 0.959. The van der Waals surface area contributed by atoms with Gasteiger partial charge in [-0.2, -0.15) is 0 Å². The second-order valence-corrected chi connectivity index (χ2v) is 7.53. The molecule has 2 rings (SSSR count). The van der Waals surface area contributed by atoms with Crippen LogP contribution in [-0.4, -0.2) is 25.2 Å². The van der Waals surface area contributed by atoms with Crippen molar-refractivity contribution in [2.24, 2.45) is 0 Å². The summed E-state index contributed by atoms with van der Waals surface area (Å²) in [6, 6.07) is 4.12. The summed E-state index contributed by atoms with van der Waals surface area (Å²) in [5, 5.41) is 3.50. The molecule has 0 spiro atoms. The van der Waals surface area contributed by atoms with Gasteiger partial charge in [0.1, 0.15) is 5.82 Å². The van der Waals surface area contributed by atoms with Gasteiger partial charge in [0.2, 0.25) is 10.0 Å². The number of nitrogens with one attached hydrogen (secondary N) is 2. The minimum Gasteiger partial charge on any atom is -0.381 e. The molecule has 0 aromatic carbocycles. The molecular formula is C15H25N3O2S. The van der Waals surface area contributed by atoms with Crippen molar-refractivity contribution in [2.75, 3.05) is 15.8 Å². The zero-order valence-electron chi connectivity index (χ0n) is 12.6. The van der Waals surface area contributed by atoms with Gasteiger partial charge in [0, 0.05) is 6.04 Å². The van der Waals surface area contributed by atoms with E-state index < -0.39 is 10.0 Å². The smallest absolute Gasteiger partial charge is 0.233 e. The lowest BCUT2D eigenvalue weighted by Gasteiger charge is -2.17. The molecule has 1 aliphatic carbocycles. The van der Waals surface area contributed by atoms with Crippen molar-refractivity contribution in [3.8, 4) is 0 Å². The standard InChI is InChI=1S/C15H25N3O2S/c1-2-11-21(19,20)18-15-10-9-14(12-16-15)17-13-7-5-3-4-6-8-13/h9-10,12-13,17H,2-8,11H2,1H3,(H,16,18). The number of hydrogen-bond acceptors (Lipinski definition) is 4. The fourth-order valence-corrected chi connectivity index (χ4v) is 3.76. The number of aromatic nitrogens is 1. The maximum absolute atomic E-state index is 11.7. The number of hydrogen-bond donors (Lipinski definition) is 2. The zero-order chi connectivity index (χ0) is 15.1. The quantitative estimate of drug-likeness (QED) is 0.790. The Kier molecular flexibility index (Phi) is 5.85. The van der Waals surface area contributed by atoms with E-state index >= 15 is 0 Å². The molecule has 0 atom stereocenters. The molecule has 1 aliphatic rings. The monoisotopic (exact) mass is 311 g/mol. The molecule has 118 valence electrons. The van der Waals surface area contributed by atoms with Crippen LogP contribution in [0, 0.1) is 0 Å². The van der Waals surface area contributed by atoms with E-state index in [0.717, 1.165) is 5.69 Å². The first-order valence-corrected chi connectivity index (χ1v) is 9.47. The van der Waals surface area contributed by atoms with Gasteiger partial charge in [-0.1, -0.05) is 32.6 Å². The highest BCUT2D eigenvalue weighted by molar-refractivity contribution is 7.92. The Hall–Kier alpha value is -1.30. The van der Waals surface area contributed by atoms with Crippen LogP contribution in [-0.2, 0) is 10.0 Å². The molecule has 21 heavy (non-hydrogen) atoms. The van der Waals surface area contributed by atoms with E-state index in [-0.39, 0.29) is 5.75 Å². The minimum atomic E-state index is -3.26. The molecule has 5 nitrogen and oxygen atoms in total. The Labute approximate surface area is 127 Å². The number of anilines is 2. The van der Waals surface area contributed by atoms with Gasteiger partial charge in [-0.15, -0.1) is 0 Å². The minimum absolute atomic E-state index is 0.122. The van der Waals surface area contributed by atoms with Gasteiger partial charge >= 0.3 is 0 Å². The van der Waals surface area contributed by atoms with Crippen molar-refractivity contribution in [2.45, 2.75) is 57.9 Å². The summed E-state index contributed by atoms with van der Waals surface area (Å²) in [5.74, 6) is 0.506. The molecule has 0 aliphatic heterocycles. The van der Waals surface area contributed by atoms with Gasteiger partial charge < -0.3 is 5.32 Å². The van der Waals surface area contributed by atoms with Crippen molar-refractivity contribution in [3.63, 3.8) is 0 Å². The van der Waals surface area contributed by atoms with Crippen molar-refractivity contribution in [1.29, 1.82) is 0 Å². The highest BCUT2D eigenvalue weighted by Gasteiger charge is 2.13. The second-order valence-electron chi connectivity index (χ2n) is 5.69. The summed E-state index contributed by atoms with van der Waals surface area (Å²) in [6.45, 7) is 1.84. The number of sulfonamides is 1.